The Kier molecular flexibility index (Phi) is 6.80. The van der Waals surface area contributed by atoms with Crippen LogP contribution in [0.2, 0.25) is 0 Å². The van der Waals surface area contributed by atoms with Gasteiger partial charge < -0.3 is 4.74 Å². The number of rotatable bonds is 7. The van der Waals surface area contributed by atoms with E-state index in [-0.39, 0.29) is 11.3 Å². The van der Waals surface area contributed by atoms with Gasteiger partial charge in [0.05, 0.1) is 23.1 Å². The van der Waals surface area contributed by atoms with Gasteiger partial charge in [-0.25, -0.2) is 13.9 Å². The molecule has 0 spiro atoms. The van der Waals surface area contributed by atoms with Gasteiger partial charge in [0.2, 0.25) is 0 Å². The summed E-state index contributed by atoms with van der Waals surface area (Å²) in [5.41, 5.74) is 2.70. The van der Waals surface area contributed by atoms with Crippen molar-refractivity contribution in [1.82, 2.24) is 9.78 Å². The molecule has 0 amide bonds. The van der Waals surface area contributed by atoms with E-state index in [0.29, 0.717) is 22.2 Å². The normalized spacial score (nSPS) is 11.4. The SMILES string of the molecule is COC(=O)c1cc(-c2nn(C(c3ccccc3)(c3ccccc3)c3ccccc3)c3ccc([N+](=O)[O-])cc23)ccc1F. The number of aromatic nitrogens is 2. The molecule has 0 aliphatic heterocycles. The molecule has 7 nitrogen and oxygen atoms in total. The van der Waals surface area contributed by atoms with Gasteiger partial charge >= 0.3 is 5.97 Å². The second-order valence-corrected chi connectivity index (χ2v) is 9.71. The van der Waals surface area contributed by atoms with Crippen LogP contribution >= 0.6 is 0 Å². The van der Waals surface area contributed by atoms with Gasteiger partial charge in [-0.1, -0.05) is 91.0 Å². The zero-order valence-electron chi connectivity index (χ0n) is 22.5. The van der Waals surface area contributed by atoms with Gasteiger partial charge in [-0.3, -0.25) is 10.1 Å². The van der Waals surface area contributed by atoms with Crippen LogP contribution in [0.4, 0.5) is 10.1 Å². The minimum Gasteiger partial charge on any atom is -0.465 e. The standard InChI is InChI=1S/C34H24FN3O4/c1-42-33(39)28-21-23(17-19-30(28)35)32-29-22-27(38(40)41)18-20-31(29)37(36-32)34(24-11-5-2-6-12-24,25-13-7-3-8-14-25)26-15-9-4-10-16-26/h2-22H,1H3. The average Bonchev–Trinajstić information content (AvgIpc) is 3.42. The van der Waals surface area contributed by atoms with Gasteiger partial charge in [0.1, 0.15) is 17.1 Å². The molecular formula is C34H24FN3O4. The second kappa shape index (κ2) is 10.7. The second-order valence-electron chi connectivity index (χ2n) is 9.71. The monoisotopic (exact) mass is 557 g/mol. The molecule has 5 aromatic carbocycles. The Hall–Kier alpha value is -5.63. The molecule has 0 fully saturated rings. The first-order chi connectivity index (χ1) is 20.4. The fourth-order valence-corrected chi connectivity index (χ4v) is 5.53. The van der Waals surface area contributed by atoms with E-state index in [9.17, 15) is 19.3 Å². The lowest BCUT2D eigenvalue weighted by Crippen LogP contribution is -2.38. The van der Waals surface area contributed by atoms with Crippen molar-refractivity contribution in [3.63, 3.8) is 0 Å². The Morgan fingerprint density at radius 1 is 0.810 bits per heavy atom. The van der Waals surface area contributed by atoms with Gasteiger partial charge in [-0.05, 0) is 41.0 Å². The number of nitro groups is 1. The van der Waals surface area contributed by atoms with Crippen LogP contribution in [0.5, 0.6) is 0 Å². The predicted octanol–water partition coefficient (Wildman–Crippen LogP) is 7.38. The Morgan fingerprint density at radius 2 is 1.36 bits per heavy atom. The lowest BCUT2D eigenvalue weighted by atomic mass is 9.77. The number of carbonyl (C=O) groups is 1. The summed E-state index contributed by atoms with van der Waals surface area (Å²) in [4.78, 5) is 23.8. The molecule has 0 saturated heterocycles. The summed E-state index contributed by atoms with van der Waals surface area (Å²) in [5, 5.41) is 17.5. The number of benzene rings is 5. The number of methoxy groups -OCH3 is 1. The number of carbonyl (C=O) groups excluding carboxylic acids is 1. The summed E-state index contributed by atoms with van der Waals surface area (Å²) >= 11 is 0. The highest BCUT2D eigenvalue weighted by Gasteiger charge is 2.41. The molecule has 0 atom stereocenters. The maximum atomic E-state index is 14.6. The zero-order chi connectivity index (χ0) is 29.3. The van der Waals surface area contributed by atoms with Crippen LogP contribution < -0.4 is 0 Å². The Labute approximate surface area is 240 Å². The summed E-state index contributed by atoms with van der Waals surface area (Å²) in [6, 6.07) is 38.3. The van der Waals surface area contributed by atoms with Crippen molar-refractivity contribution in [2.75, 3.05) is 7.11 Å². The summed E-state index contributed by atoms with van der Waals surface area (Å²) in [5.74, 6) is -1.58. The van der Waals surface area contributed by atoms with E-state index in [1.54, 1.807) is 6.07 Å². The van der Waals surface area contributed by atoms with E-state index in [4.69, 9.17) is 9.84 Å². The Bertz CT molecular complexity index is 1830. The highest BCUT2D eigenvalue weighted by molar-refractivity contribution is 5.97. The Morgan fingerprint density at radius 3 is 1.86 bits per heavy atom. The lowest BCUT2D eigenvalue weighted by molar-refractivity contribution is -0.384. The van der Waals surface area contributed by atoms with E-state index in [2.05, 4.69) is 0 Å². The number of esters is 1. The number of hydrogen-bond acceptors (Lipinski definition) is 5. The maximum absolute atomic E-state index is 14.6. The summed E-state index contributed by atoms with van der Waals surface area (Å²) in [6.07, 6.45) is 0. The summed E-state index contributed by atoms with van der Waals surface area (Å²) in [7, 11) is 1.18. The lowest BCUT2D eigenvalue weighted by Gasteiger charge is -2.37. The highest BCUT2D eigenvalue weighted by atomic mass is 19.1. The van der Waals surface area contributed by atoms with E-state index >= 15 is 0 Å². The van der Waals surface area contributed by atoms with Crippen LogP contribution in [0, 0.1) is 15.9 Å². The predicted molar refractivity (Wildman–Crippen MR) is 158 cm³/mol. The molecule has 0 N–H and O–H groups in total. The largest absolute Gasteiger partial charge is 0.465 e. The first-order valence-corrected chi connectivity index (χ1v) is 13.2. The fourth-order valence-electron chi connectivity index (χ4n) is 5.53. The maximum Gasteiger partial charge on any atom is 0.340 e. The quantitative estimate of drug-likeness (QED) is 0.0885. The number of halogens is 1. The molecular weight excluding hydrogens is 533 g/mol. The van der Waals surface area contributed by atoms with Crippen LogP contribution in [0.1, 0.15) is 27.0 Å². The number of fused-ring (bicyclic) bond motifs is 1. The van der Waals surface area contributed by atoms with Crippen LogP contribution in [0.15, 0.2) is 127 Å². The highest BCUT2D eigenvalue weighted by Crippen LogP contribution is 2.44. The average molecular weight is 558 g/mol. The molecule has 0 radical (unpaired) electrons. The molecule has 6 rings (SSSR count). The number of hydrogen-bond donors (Lipinski definition) is 0. The molecule has 6 aromatic rings. The van der Waals surface area contributed by atoms with Crippen molar-refractivity contribution >= 4 is 22.6 Å². The van der Waals surface area contributed by atoms with E-state index in [1.165, 1.54) is 37.4 Å². The number of nitrogens with zero attached hydrogens (tertiary/aromatic N) is 3. The van der Waals surface area contributed by atoms with Gasteiger partial charge in [0, 0.05) is 23.1 Å². The molecule has 0 aliphatic carbocycles. The van der Waals surface area contributed by atoms with Crippen LogP contribution in [0.3, 0.4) is 0 Å². The van der Waals surface area contributed by atoms with Gasteiger partial charge in [0.15, 0.2) is 0 Å². The zero-order valence-corrected chi connectivity index (χ0v) is 22.5. The smallest absolute Gasteiger partial charge is 0.340 e. The third-order valence-corrected chi connectivity index (χ3v) is 7.41. The molecule has 0 bridgehead atoms. The first kappa shape index (κ1) is 26.6. The van der Waals surface area contributed by atoms with Crippen LogP contribution in [-0.2, 0) is 10.3 Å². The first-order valence-electron chi connectivity index (χ1n) is 13.2. The van der Waals surface area contributed by atoms with Crippen molar-refractivity contribution < 1.29 is 18.8 Å². The van der Waals surface area contributed by atoms with E-state index in [1.807, 2.05) is 95.7 Å². The van der Waals surface area contributed by atoms with Crippen molar-refractivity contribution in [1.29, 1.82) is 0 Å². The minimum atomic E-state index is -1.01. The molecule has 206 valence electrons. The molecule has 8 heteroatoms. The Balaban J connectivity index is 1.77. The topological polar surface area (TPSA) is 87.3 Å². The third-order valence-electron chi connectivity index (χ3n) is 7.41. The van der Waals surface area contributed by atoms with Crippen molar-refractivity contribution in [3.05, 3.63) is 166 Å². The van der Waals surface area contributed by atoms with Gasteiger partial charge in [-0.15, -0.1) is 0 Å². The molecule has 1 aromatic heterocycles. The fraction of sp³-hybridized carbons (Fsp3) is 0.0588. The number of nitro benzene ring substituents is 1. The van der Waals surface area contributed by atoms with Crippen molar-refractivity contribution in [2.24, 2.45) is 0 Å². The van der Waals surface area contributed by atoms with E-state index in [0.717, 1.165) is 16.7 Å². The molecule has 0 aliphatic rings. The number of ether oxygens (including phenoxy) is 1. The van der Waals surface area contributed by atoms with Crippen LogP contribution in [0.25, 0.3) is 22.2 Å². The number of non-ortho nitro benzene ring substituents is 1. The van der Waals surface area contributed by atoms with Crippen LogP contribution in [-0.4, -0.2) is 27.8 Å². The minimum absolute atomic E-state index is 0.122. The molecule has 1 heterocycles. The molecule has 42 heavy (non-hydrogen) atoms. The summed E-state index contributed by atoms with van der Waals surface area (Å²) < 4.78 is 21.3. The van der Waals surface area contributed by atoms with Crippen molar-refractivity contribution in [2.45, 2.75) is 5.54 Å². The van der Waals surface area contributed by atoms with Crippen molar-refractivity contribution in [3.8, 4) is 11.3 Å². The molecule has 0 unspecified atom stereocenters. The molecule has 0 saturated carbocycles. The van der Waals surface area contributed by atoms with E-state index < -0.39 is 22.2 Å². The van der Waals surface area contributed by atoms with Gasteiger partial charge in [0.25, 0.3) is 5.69 Å². The summed E-state index contributed by atoms with van der Waals surface area (Å²) in [6.45, 7) is 0. The van der Waals surface area contributed by atoms with Gasteiger partial charge in [-0.2, -0.15) is 5.10 Å². The third kappa shape index (κ3) is 4.30.